The van der Waals surface area contributed by atoms with E-state index in [-0.39, 0.29) is 5.41 Å². The summed E-state index contributed by atoms with van der Waals surface area (Å²) in [5, 5.41) is 7.16. The first kappa shape index (κ1) is 11.2. The number of hydrogen-bond acceptors (Lipinski definition) is 4. The zero-order valence-electron chi connectivity index (χ0n) is 10.5. The molecule has 0 radical (unpaired) electrons. The normalized spacial score (nSPS) is 18.8. The van der Waals surface area contributed by atoms with Crippen LogP contribution in [0.1, 0.15) is 25.5 Å². The lowest BCUT2D eigenvalue weighted by Crippen LogP contribution is -2.41. The molecule has 94 valence electrons. The summed E-state index contributed by atoms with van der Waals surface area (Å²) in [5.41, 5.74) is 1.43. The van der Waals surface area contributed by atoms with E-state index in [4.69, 9.17) is 0 Å². The van der Waals surface area contributed by atoms with Crippen LogP contribution in [0.4, 0.5) is 5.95 Å². The number of hydrogen-bond donors (Lipinski definition) is 1. The molecule has 1 saturated heterocycles. The second kappa shape index (κ2) is 4.40. The van der Waals surface area contributed by atoms with Crippen molar-refractivity contribution in [2.75, 3.05) is 18.0 Å². The predicted molar refractivity (Wildman–Crippen MR) is 69.4 cm³/mol. The molecule has 3 rings (SSSR count). The lowest BCUT2D eigenvalue weighted by Gasteiger charge is -2.38. The number of rotatable bonds is 2. The van der Waals surface area contributed by atoms with Crippen LogP contribution in [0.3, 0.4) is 0 Å². The second-order valence-electron chi connectivity index (χ2n) is 5.07. The highest BCUT2D eigenvalue weighted by molar-refractivity contribution is 5.31. The summed E-state index contributed by atoms with van der Waals surface area (Å²) in [6.07, 6.45) is 7.60. The summed E-state index contributed by atoms with van der Waals surface area (Å²) < 4.78 is 0. The Bertz CT molecular complexity index is 485. The molecule has 0 aliphatic carbocycles. The zero-order valence-corrected chi connectivity index (χ0v) is 10.5. The number of nitrogens with one attached hydrogen (secondary N) is 1. The number of aromatic amines is 1. The predicted octanol–water partition coefficient (Wildman–Crippen LogP) is 1.76. The Morgan fingerprint density at radius 3 is 2.50 bits per heavy atom. The number of aromatic nitrogens is 4. The maximum atomic E-state index is 4.31. The van der Waals surface area contributed by atoms with Crippen LogP contribution in [0.15, 0.2) is 30.7 Å². The van der Waals surface area contributed by atoms with Crippen LogP contribution in [-0.4, -0.2) is 33.3 Å². The van der Waals surface area contributed by atoms with Crippen molar-refractivity contribution >= 4 is 5.95 Å². The van der Waals surface area contributed by atoms with Crippen molar-refractivity contribution in [1.82, 2.24) is 20.2 Å². The van der Waals surface area contributed by atoms with E-state index in [1.807, 2.05) is 12.3 Å². The van der Waals surface area contributed by atoms with Crippen LogP contribution in [0.5, 0.6) is 0 Å². The van der Waals surface area contributed by atoms with Crippen LogP contribution >= 0.6 is 0 Å². The summed E-state index contributed by atoms with van der Waals surface area (Å²) >= 11 is 0. The molecule has 3 heterocycles. The van der Waals surface area contributed by atoms with E-state index in [1.165, 1.54) is 5.69 Å². The Morgan fingerprint density at radius 2 is 1.89 bits per heavy atom. The van der Waals surface area contributed by atoms with Gasteiger partial charge in [0.05, 0.1) is 0 Å². The molecule has 5 heteroatoms. The van der Waals surface area contributed by atoms with Gasteiger partial charge in [0.25, 0.3) is 0 Å². The monoisotopic (exact) mass is 243 g/mol. The third-order valence-electron chi connectivity index (χ3n) is 3.85. The molecule has 18 heavy (non-hydrogen) atoms. The fourth-order valence-corrected chi connectivity index (χ4v) is 2.52. The van der Waals surface area contributed by atoms with Gasteiger partial charge in [-0.05, 0) is 25.0 Å². The van der Waals surface area contributed by atoms with Crippen LogP contribution in [0, 0.1) is 0 Å². The maximum absolute atomic E-state index is 4.31. The smallest absolute Gasteiger partial charge is 0.225 e. The molecule has 2 aromatic rings. The van der Waals surface area contributed by atoms with Gasteiger partial charge in [-0.15, -0.1) is 0 Å². The topological polar surface area (TPSA) is 57.7 Å². The van der Waals surface area contributed by atoms with Crippen molar-refractivity contribution in [3.63, 3.8) is 0 Å². The van der Waals surface area contributed by atoms with Crippen molar-refractivity contribution in [1.29, 1.82) is 0 Å². The molecule has 0 atom stereocenters. The van der Waals surface area contributed by atoms with Gasteiger partial charge in [-0.2, -0.15) is 5.10 Å². The fourth-order valence-electron chi connectivity index (χ4n) is 2.52. The number of nitrogens with zero attached hydrogens (tertiary/aromatic N) is 4. The van der Waals surface area contributed by atoms with Crippen molar-refractivity contribution < 1.29 is 0 Å². The second-order valence-corrected chi connectivity index (χ2v) is 5.07. The minimum absolute atomic E-state index is 0.196. The lowest BCUT2D eigenvalue weighted by atomic mass is 9.78. The number of H-pyrrole nitrogens is 1. The SMILES string of the molecule is CC1(c2ccn[nH]2)CCN(c2ncccn2)CC1. The van der Waals surface area contributed by atoms with Crippen LogP contribution in [-0.2, 0) is 5.41 Å². The molecular weight excluding hydrogens is 226 g/mol. The van der Waals surface area contributed by atoms with E-state index in [0.717, 1.165) is 31.9 Å². The highest BCUT2D eigenvalue weighted by Crippen LogP contribution is 2.34. The molecule has 0 spiro atoms. The van der Waals surface area contributed by atoms with Crippen molar-refractivity contribution in [3.8, 4) is 0 Å². The van der Waals surface area contributed by atoms with Gasteiger partial charge in [-0.25, -0.2) is 9.97 Å². The summed E-state index contributed by atoms with van der Waals surface area (Å²) in [5.74, 6) is 0.837. The van der Waals surface area contributed by atoms with Gasteiger partial charge in [0.1, 0.15) is 0 Å². The summed E-state index contributed by atoms with van der Waals surface area (Å²) in [7, 11) is 0. The van der Waals surface area contributed by atoms with Crippen molar-refractivity contribution in [2.45, 2.75) is 25.2 Å². The first-order valence-electron chi connectivity index (χ1n) is 6.30. The molecule has 1 aliphatic rings. The van der Waals surface area contributed by atoms with Crippen LogP contribution < -0.4 is 4.90 Å². The molecule has 0 amide bonds. The molecule has 0 saturated carbocycles. The minimum atomic E-state index is 0.196. The van der Waals surface area contributed by atoms with E-state index in [0.29, 0.717) is 0 Å². The van der Waals surface area contributed by atoms with E-state index in [2.05, 4.69) is 38.1 Å². The van der Waals surface area contributed by atoms with E-state index in [1.54, 1.807) is 12.4 Å². The molecule has 5 nitrogen and oxygen atoms in total. The first-order valence-corrected chi connectivity index (χ1v) is 6.30. The van der Waals surface area contributed by atoms with Crippen LogP contribution in [0.2, 0.25) is 0 Å². The molecule has 1 N–H and O–H groups in total. The summed E-state index contributed by atoms with van der Waals surface area (Å²) in [6.45, 7) is 4.27. The first-order chi connectivity index (χ1) is 8.78. The largest absolute Gasteiger partial charge is 0.341 e. The van der Waals surface area contributed by atoms with Gasteiger partial charge in [-0.3, -0.25) is 5.10 Å². The third kappa shape index (κ3) is 1.96. The number of anilines is 1. The van der Waals surface area contributed by atoms with Gasteiger partial charge >= 0.3 is 0 Å². The highest BCUT2D eigenvalue weighted by atomic mass is 15.3. The molecule has 1 fully saturated rings. The number of piperidine rings is 1. The minimum Gasteiger partial charge on any atom is -0.341 e. The third-order valence-corrected chi connectivity index (χ3v) is 3.85. The molecule has 1 aliphatic heterocycles. The Labute approximate surface area is 106 Å². The van der Waals surface area contributed by atoms with Gasteiger partial charge in [0.15, 0.2) is 0 Å². The van der Waals surface area contributed by atoms with Gasteiger partial charge in [0.2, 0.25) is 5.95 Å². The van der Waals surface area contributed by atoms with E-state index >= 15 is 0 Å². The Balaban J connectivity index is 1.72. The van der Waals surface area contributed by atoms with Gasteiger partial charge in [-0.1, -0.05) is 6.92 Å². The highest BCUT2D eigenvalue weighted by Gasteiger charge is 2.33. The molecular formula is C13H17N5. The average molecular weight is 243 g/mol. The average Bonchev–Trinajstić information content (AvgIpc) is 2.95. The summed E-state index contributed by atoms with van der Waals surface area (Å²) in [4.78, 5) is 10.9. The van der Waals surface area contributed by atoms with Gasteiger partial charge < -0.3 is 4.90 Å². The maximum Gasteiger partial charge on any atom is 0.225 e. The molecule has 0 unspecified atom stereocenters. The summed E-state index contributed by atoms with van der Waals surface area (Å²) in [6, 6.07) is 3.93. The van der Waals surface area contributed by atoms with Crippen molar-refractivity contribution in [2.24, 2.45) is 0 Å². The molecule has 0 aromatic carbocycles. The zero-order chi connectivity index (χ0) is 12.4. The Hall–Kier alpha value is -1.91. The quantitative estimate of drug-likeness (QED) is 0.873. The van der Waals surface area contributed by atoms with E-state index in [9.17, 15) is 0 Å². The Kier molecular flexibility index (Phi) is 2.74. The molecule has 2 aromatic heterocycles. The standard InChI is InChI=1S/C13H17N5/c1-13(11-3-8-16-17-11)4-9-18(10-5-13)12-14-6-2-7-15-12/h2-3,6-8H,4-5,9-10H2,1H3,(H,16,17). The van der Waals surface area contributed by atoms with Crippen molar-refractivity contribution in [3.05, 3.63) is 36.4 Å². The van der Waals surface area contributed by atoms with Gasteiger partial charge in [0, 0.05) is 42.8 Å². The van der Waals surface area contributed by atoms with E-state index < -0.39 is 0 Å². The Morgan fingerprint density at radius 1 is 1.17 bits per heavy atom. The fraction of sp³-hybridized carbons (Fsp3) is 0.462. The van der Waals surface area contributed by atoms with Crippen LogP contribution in [0.25, 0.3) is 0 Å². The molecule has 0 bridgehead atoms. The lowest BCUT2D eigenvalue weighted by molar-refractivity contribution is 0.351.